The van der Waals surface area contributed by atoms with Crippen molar-refractivity contribution in [3.05, 3.63) is 30.0 Å². The van der Waals surface area contributed by atoms with Gasteiger partial charge in [-0.25, -0.2) is 0 Å². The van der Waals surface area contributed by atoms with Gasteiger partial charge in [0.25, 0.3) is 0 Å². The highest BCUT2D eigenvalue weighted by molar-refractivity contribution is 5.81. The number of aromatic amines is 1. The maximum Gasteiger partial charge on any atom is 0.120 e. The van der Waals surface area contributed by atoms with Gasteiger partial charge in [-0.3, -0.25) is 4.90 Å². The maximum atomic E-state index is 6.35. The lowest BCUT2D eigenvalue weighted by Gasteiger charge is -2.41. The topological polar surface area (TPSA) is 31.5 Å². The smallest absolute Gasteiger partial charge is 0.120 e. The van der Waals surface area contributed by atoms with Gasteiger partial charge in [0.05, 0.1) is 0 Å². The zero-order chi connectivity index (χ0) is 18.1. The summed E-state index contributed by atoms with van der Waals surface area (Å²) in [6, 6.07) is 9.75. The van der Waals surface area contributed by atoms with Gasteiger partial charge in [0.2, 0.25) is 0 Å². The molecular weight excluding hydrogens is 334 g/mol. The Bertz CT molecular complexity index is 752. The molecule has 0 radical (unpaired) electrons. The van der Waals surface area contributed by atoms with E-state index in [-0.39, 0.29) is 0 Å². The van der Waals surface area contributed by atoms with E-state index in [0.29, 0.717) is 6.10 Å². The van der Waals surface area contributed by atoms with E-state index >= 15 is 0 Å². The van der Waals surface area contributed by atoms with E-state index in [2.05, 4.69) is 39.0 Å². The van der Waals surface area contributed by atoms with E-state index in [4.69, 9.17) is 4.74 Å². The molecule has 1 aromatic carbocycles. The molecule has 3 aliphatic rings. The Labute approximate surface area is 162 Å². The van der Waals surface area contributed by atoms with E-state index in [1.165, 1.54) is 94.1 Å². The molecule has 1 saturated carbocycles. The molecule has 0 bridgehead atoms. The maximum absolute atomic E-state index is 6.35. The fourth-order valence-corrected chi connectivity index (χ4v) is 4.99. The molecule has 3 fully saturated rings. The minimum absolute atomic E-state index is 0.380. The number of piperidine rings is 2. The zero-order valence-electron chi connectivity index (χ0n) is 16.5. The van der Waals surface area contributed by atoms with E-state index in [1.54, 1.807) is 0 Å². The Morgan fingerprint density at radius 1 is 0.889 bits per heavy atom. The third kappa shape index (κ3) is 4.02. The van der Waals surface area contributed by atoms with Gasteiger partial charge in [0, 0.05) is 42.3 Å². The van der Waals surface area contributed by atoms with Crippen LogP contribution in [0.4, 0.5) is 0 Å². The van der Waals surface area contributed by atoms with Crippen molar-refractivity contribution in [2.24, 2.45) is 0 Å². The molecule has 1 N–H and O–H groups in total. The normalized spacial score (nSPS) is 23.6. The summed E-state index contributed by atoms with van der Waals surface area (Å²) in [6.45, 7) is 5.94. The number of aromatic nitrogens is 1. The van der Waals surface area contributed by atoms with Gasteiger partial charge in [-0.15, -0.1) is 0 Å². The summed E-state index contributed by atoms with van der Waals surface area (Å²) in [5, 5.41) is 1.28. The summed E-state index contributed by atoms with van der Waals surface area (Å²) in [4.78, 5) is 8.86. The Balaban J connectivity index is 1.19. The van der Waals surface area contributed by atoms with Crippen LogP contribution in [-0.4, -0.2) is 53.1 Å². The number of rotatable bonds is 5. The summed E-state index contributed by atoms with van der Waals surface area (Å²) in [5.74, 6) is 1.04. The highest BCUT2D eigenvalue weighted by Crippen LogP contribution is 2.29. The van der Waals surface area contributed by atoms with Crippen LogP contribution in [-0.2, 0) is 6.54 Å². The van der Waals surface area contributed by atoms with Gasteiger partial charge in [0.1, 0.15) is 11.9 Å². The summed E-state index contributed by atoms with van der Waals surface area (Å²) in [7, 11) is 0. The molecule has 0 spiro atoms. The number of ether oxygens (including phenoxy) is 1. The number of H-pyrrole nitrogens is 1. The minimum atomic E-state index is 0.380. The third-order valence-electron chi connectivity index (χ3n) is 6.86. The Morgan fingerprint density at radius 3 is 2.44 bits per heavy atom. The average Bonchev–Trinajstić information content (AvgIpc) is 3.04. The summed E-state index contributed by atoms with van der Waals surface area (Å²) >= 11 is 0. The van der Waals surface area contributed by atoms with Gasteiger partial charge < -0.3 is 14.6 Å². The summed E-state index contributed by atoms with van der Waals surface area (Å²) in [6.07, 6.45) is 11.1. The Morgan fingerprint density at radius 2 is 1.70 bits per heavy atom. The molecule has 1 aromatic heterocycles. The first kappa shape index (κ1) is 17.6. The van der Waals surface area contributed by atoms with Crippen molar-refractivity contribution in [1.29, 1.82) is 0 Å². The van der Waals surface area contributed by atoms with Crippen LogP contribution in [0.3, 0.4) is 0 Å². The van der Waals surface area contributed by atoms with Crippen LogP contribution in [0, 0.1) is 0 Å². The largest absolute Gasteiger partial charge is 0.490 e. The first-order valence-electron chi connectivity index (χ1n) is 11.1. The van der Waals surface area contributed by atoms with E-state index in [1.807, 2.05) is 0 Å². The SMILES string of the molecule is c1cc2[nH]c(CN3CCCCC3)cc2cc1OC1CCN(C2CCC2)CC1. The second kappa shape index (κ2) is 7.84. The summed E-state index contributed by atoms with van der Waals surface area (Å²) < 4.78 is 6.35. The van der Waals surface area contributed by atoms with Crippen LogP contribution in [0.25, 0.3) is 10.9 Å². The standard InChI is InChI=1S/C23H33N3O/c1-2-11-25(12-3-1)17-19-15-18-16-22(7-8-23(18)24-19)27-21-9-13-26(14-10-21)20-5-4-6-20/h7-8,15-16,20-21,24H,1-6,9-14,17H2. The van der Waals surface area contributed by atoms with Crippen LogP contribution >= 0.6 is 0 Å². The zero-order valence-corrected chi connectivity index (χ0v) is 16.5. The quantitative estimate of drug-likeness (QED) is 0.841. The van der Waals surface area contributed by atoms with Gasteiger partial charge in [-0.2, -0.15) is 0 Å². The molecule has 0 amide bonds. The number of fused-ring (bicyclic) bond motifs is 1. The van der Waals surface area contributed by atoms with Crippen molar-refractivity contribution >= 4 is 10.9 Å². The highest BCUT2D eigenvalue weighted by atomic mass is 16.5. The molecule has 0 atom stereocenters. The minimum Gasteiger partial charge on any atom is -0.490 e. The second-order valence-electron chi connectivity index (χ2n) is 8.82. The Kier molecular flexibility index (Phi) is 5.10. The fraction of sp³-hybridized carbons (Fsp3) is 0.652. The molecule has 146 valence electrons. The number of likely N-dealkylation sites (tertiary alicyclic amines) is 2. The van der Waals surface area contributed by atoms with Gasteiger partial charge in [0.15, 0.2) is 0 Å². The van der Waals surface area contributed by atoms with Crippen molar-refractivity contribution < 1.29 is 4.74 Å². The van der Waals surface area contributed by atoms with Crippen molar-refractivity contribution in [1.82, 2.24) is 14.8 Å². The van der Waals surface area contributed by atoms with Gasteiger partial charge >= 0.3 is 0 Å². The van der Waals surface area contributed by atoms with E-state index in [9.17, 15) is 0 Å². The number of nitrogens with one attached hydrogen (secondary N) is 1. The van der Waals surface area contributed by atoms with Crippen LogP contribution in [0.15, 0.2) is 24.3 Å². The number of hydrogen-bond donors (Lipinski definition) is 1. The monoisotopic (exact) mass is 367 g/mol. The lowest BCUT2D eigenvalue weighted by Crippen LogP contribution is -2.46. The van der Waals surface area contributed by atoms with Crippen LogP contribution in [0.1, 0.15) is 57.1 Å². The predicted molar refractivity (Wildman–Crippen MR) is 110 cm³/mol. The molecule has 5 rings (SSSR count). The molecule has 1 aliphatic carbocycles. The average molecular weight is 368 g/mol. The molecule has 2 aliphatic heterocycles. The molecule has 4 heteroatoms. The first-order valence-corrected chi connectivity index (χ1v) is 11.1. The second-order valence-corrected chi connectivity index (χ2v) is 8.82. The number of hydrogen-bond acceptors (Lipinski definition) is 3. The first-order chi connectivity index (χ1) is 13.3. The van der Waals surface area contributed by atoms with Crippen molar-refractivity contribution in [2.75, 3.05) is 26.2 Å². The van der Waals surface area contributed by atoms with Gasteiger partial charge in [-0.05, 0) is 75.9 Å². The Hall–Kier alpha value is -1.52. The van der Waals surface area contributed by atoms with Crippen molar-refractivity contribution in [2.45, 2.75) is 70.1 Å². The fourth-order valence-electron chi connectivity index (χ4n) is 4.99. The molecular formula is C23H33N3O. The molecule has 3 heterocycles. The van der Waals surface area contributed by atoms with Crippen LogP contribution < -0.4 is 4.74 Å². The van der Waals surface area contributed by atoms with E-state index < -0.39 is 0 Å². The van der Waals surface area contributed by atoms with Gasteiger partial charge in [-0.1, -0.05) is 12.8 Å². The number of benzene rings is 1. The highest BCUT2D eigenvalue weighted by Gasteiger charge is 2.29. The predicted octanol–water partition coefficient (Wildman–Crippen LogP) is 4.55. The third-order valence-corrected chi connectivity index (χ3v) is 6.86. The van der Waals surface area contributed by atoms with Crippen LogP contribution in [0.2, 0.25) is 0 Å². The van der Waals surface area contributed by atoms with Crippen molar-refractivity contribution in [3.63, 3.8) is 0 Å². The molecule has 4 nitrogen and oxygen atoms in total. The molecule has 27 heavy (non-hydrogen) atoms. The molecule has 2 saturated heterocycles. The summed E-state index contributed by atoms with van der Waals surface area (Å²) in [5.41, 5.74) is 2.56. The molecule has 0 unspecified atom stereocenters. The lowest BCUT2D eigenvalue weighted by molar-refractivity contribution is 0.0494. The van der Waals surface area contributed by atoms with Crippen LogP contribution in [0.5, 0.6) is 5.75 Å². The van der Waals surface area contributed by atoms with E-state index in [0.717, 1.165) is 18.3 Å². The molecule has 2 aromatic rings. The number of nitrogens with zero attached hydrogens (tertiary/aromatic N) is 2. The van der Waals surface area contributed by atoms with Crippen molar-refractivity contribution in [3.8, 4) is 5.75 Å². The lowest BCUT2D eigenvalue weighted by atomic mass is 9.90.